The predicted octanol–water partition coefficient (Wildman–Crippen LogP) is 2.01. The number of carbonyl (C=O) groups excluding carboxylic acids is 1. The van der Waals surface area contributed by atoms with Gasteiger partial charge in [-0.3, -0.25) is 4.79 Å². The van der Waals surface area contributed by atoms with Gasteiger partial charge < -0.3 is 19.8 Å². The molecule has 1 fully saturated rings. The van der Waals surface area contributed by atoms with Crippen molar-refractivity contribution in [3.8, 4) is 0 Å². The van der Waals surface area contributed by atoms with Gasteiger partial charge >= 0.3 is 24.2 Å². The van der Waals surface area contributed by atoms with Crippen molar-refractivity contribution < 1.29 is 50.9 Å². The first kappa shape index (κ1) is 27.2. The van der Waals surface area contributed by atoms with Gasteiger partial charge in [-0.25, -0.2) is 18.0 Å². The van der Waals surface area contributed by atoms with Gasteiger partial charge in [0.05, 0.1) is 11.4 Å². The fraction of sp³-hybridized carbons (Fsp3) is 0.500. The summed E-state index contributed by atoms with van der Waals surface area (Å²) in [6, 6.07) is 6.27. The topological polar surface area (TPSA) is 142 Å². The molecular weight excluding hydrogens is 461 g/mol. The number of rotatable bonds is 3. The number of hydrogen-bond acceptors (Lipinski definition) is 6. The van der Waals surface area contributed by atoms with E-state index in [1.807, 2.05) is 0 Å². The summed E-state index contributed by atoms with van der Waals surface area (Å²) in [5.41, 5.74) is -0.719. The Morgan fingerprint density at radius 3 is 1.94 bits per heavy atom. The van der Waals surface area contributed by atoms with E-state index in [2.05, 4.69) is 0 Å². The normalized spacial score (nSPS) is 17.7. The van der Waals surface area contributed by atoms with Crippen LogP contribution in [0.15, 0.2) is 35.2 Å². The number of sulfonamides is 1. The van der Waals surface area contributed by atoms with Crippen molar-refractivity contribution in [3.63, 3.8) is 0 Å². The molecule has 0 spiro atoms. The minimum atomic E-state index is -5.08. The number of halogens is 3. The first-order valence-corrected chi connectivity index (χ1v) is 10.5. The van der Waals surface area contributed by atoms with Crippen LogP contribution in [-0.2, 0) is 24.3 Å². The molecule has 1 aliphatic heterocycles. The third-order valence-electron chi connectivity index (χ3n) is 3.86. The van der Waals surface area contributed by atoms with Crippen molar-refractivity contribution in [2.75, 3.05) is 19.6 Å². The number of alkyl halides is 3. The molecular formula is C18H23F3N2O8S. The number of hydrogen-bond donors (Lipinski definition) is 2. The van der Waals surface area contributed by atoms with E-state index in [9.17, 15) is 36.3 Å². The minimum absolute atomic E-state index is 0.0203. The highest BCUT2D eigenvalue weighted by Crippen LogP contribution is 2.23. The molecule has 0 bridgehead atoms. The summed E-state index contributed by atoms with van der Waals surface area (Å²) in [6.07, 6.45) is -5.74. The lowest BCUT2D eigenvalue weighted by Gasteiger charge is -2.38. The predicted molar refractivity (Wildman–Crippen MR) is 103 cm³/mol. The van der Waals surface area contributed by atoms with Crippen molar-refractivity contribution in [1.29, 1.82) is 0 Å². The Kier molecular flexibility index (Phi) is 8.63. The zero-order valence-electron chi connectivity index (χ0n) is 17.4. The molecule has 0 saturated carbocycles. The van der Waals surface area contributed by atoms with Crippen LogP contribution in [0.5, 0.6) is 0 Å². The second-order valence-corrected chi connectivity index (χ2v) is 9.40. The van der Waals surface area contributed by atoms with Gasteiger partial charge in [0, 0.05) is 13.1 Å². The number of carbonyl (C=O) groups is 3. The molecule has 1 saturated heterocycles. The van der Waals surface area contributed by atoms with Crippen LogP contribution in [-0.4, -0.2) is 83.3 Å². The van der Waals surface area contributed by atoms with Crippen molar-refractivity contribution in [3.05, 3.63) is 30.3 Å². The monoisotopic (exact) mass is 484 g/mol. The van der Waals surface area contributed by atoms with Crippen molar-refractivity contribution in [2.45, 2.75) is 43.5 Å². The van der Waals surface area contributed by atoms with Crippen LogP contribution in [0.3, 0.4) is 0 Å². The Labute approximate surface area is 182 Å². The Morgan fingerprint density at radius 2 is 1.53 bits per heavy atom. The molecule has 0 radical (unpaired) electrons. The lowest BCUT2D eigenvalue weighted by Crippen LogP contribution is -2.59. The number of benzene rings is 1. The zero-order valence-corrected chi connectivity index (χ0v) is 18.2. The van der Waals surface area contributed by atoms with Crippen LogP contribution in [0.1, 0.15) is 20.8 Å². The second kappa shape index (κ2) is 10.2. The van der Waals surface area contributed by atoms with Gasteiger partial charge in [-0.1, -0.05) is 18.2 Å². The molecule has 10 nitrogen and oxygen atoms in total. The Bertz CT molecular complexity index is 930. The highest BCUT2D eigenvalue weighted by molar-refractivity contribution is 7.89. The molecule has 14 heteroatoms. The molecule has 1 unspecified atom stereocenters. The zero-order chi connectivity index (χ0) is 24.9. The van der Waals surface area contributed by atoms with Gasteiger partial charge in [0.15, 0.2) is 0 Å². The number of carboxylic acid groups (broad SMARTS) is 2. The van der Waals surface area contributed by atoms with Crippen LogP contribution >= 0.6 is 0 Å². The van der Waals surface area contributed by atoms with Gasteiger partial charge in [0.2, 0.25) is 10.0 Å². The number of nitrogens with zero attached hydrogens (tertiary/aromatic N) is 2. The summed E-state index contributed by atoms with van der Waals surface area (Å²) in [4.78, 5) is 33.9. The van der Waals surface area contributed by atoms with Gasteiger partial charge in [-0.15, -0.1) is 0 Å². The maximum absolute atomic E-state index is 12.7. The van der Waals surface area contributed by atoms with E-state index in [0.29, 0.717) is 0 Å². The van der Waals surface area contributed by atoms with Crippen LogP contribution in [0, 0.1) is 0 Å². The summed E-state index contributed by atoms with van der Waals surface area (Å²) >= 11 is 0. The van der Waals surface area contributed by atoms with Crippen LogP contribution in [0.4, 0.5) is 18.0 Å². The van der Waals surface area contributed by atoms with Gasteiger partial charge in [-0.2, -0.15) is 17.5 Å². The standard InChI is InChI=1S/C16H22N2O6S.C2HF3O2/c1-16(2,3)24-15(21)17-9-10-18(13(11-17)14(19)20)25(22,23)12-7-5-4-6-8-12;3-2(4,5)1(6)7/h4-8,13H,9-11H2,1-3H3,(H,19,20);(H,6,7). The van der Waals surface area contributed by atoms with E-state index < -0.39 is 45.9 Å². The average Bonchev–Trinajstić information content (AvgIpc) is 2.66. The largest absolute Gasteiger partial charge is 0.490 e. The molecule has 2 N–H and O–H groups in total. The molecule has 1 aromatic carbocycles. The Hall–Kier alpha value is -2.87. The summed E-state index contributed by atoms with van der Waals surface area (Å²) in [7, 11) is -3.97. The number of amides is 1. The maximum atomic E-state index is 12.7. The Morgan fingerprint density at radius 1 is 1.03 bits per heavy atom. The van der Waals surface area contributed by atoms with Gasteiger partial charge in [0.25, 0.3) is 0 Å². The summed E-state index contributed by atoms with van der Waals surface area (Å²) in [5.74, 6) is -4.07. The fourth-order valence-corrected chi connectivity index (χ4v) is 4.06. The van der Waals surface area contributed by atoms with E-state index in [1.54, 1.807) is 39.0 Å². The highest BCUT2D eigenvalue weighted by atomic mass is 32.2. The minimum Gasteiger partial charge on any atom is -0.480 e. The Balaban J connectivity index is 0.000000633. The first-order valence-electron chi connectivity index (χ1n) is 9.04. The van der Waals surface area contributed by atoms with Gasteiger partial charge in [0.1, 0.15) is 11.6 Å². The van der Waals surface area contributed by atoms with Crippen LogP contribution in [0.25, 0.3) is 0 Å². The second-order valence-electron chi connectivity index (χ2n) is 7.51. The summed E-state index contributed by atoms with van der Waals surface area (Å²) < 4.78 is 63.4. The molecule has 0 aliphatic carbocycles. The maximum Gasteiger partial charge on any atom is 0.490 e. The lowest BCUT2D eigenvalue weighted by molar-refractivity contribution is -0.192. The number of carboxylic acids is 2. The third kappa shape index (κ3) is 7.67. The average molecular weight is 484 g/mol. The van der Waals surface area contributed by atoms with E-state index in [4.69, 9.17) is 14.6 Å². The van der Waals surface area contributed by atoms with Crippen molar-refractivity contribution in [2.24, 2.45) is 0 Å². The quantitative estimate of drug-likeness (QED) is 0.664. The van der Waals surface area contributed by atoms with E-state index >= 15 is 0 Å². The fourth-order valence-electron chi connectivity index (χ4n) is 2.48. The van der Waals surface area contributed by atoms with Crippen molar-refractivity contribution in [1.82, 2.24) is 9.21 Å². The van der Waals surface area contributed by atoms with Crippen LogP contribution < -0.4 is 0 Å². The molecule has 2 rings (SSSR count). The molecule has 1 heterocycles. The number of ether oxygens (including phenoxy) is 1. The summed E-state index contributed by atoms with van der Waals surface area (Å²) in [5, 5.41) is 16.6. The third-order valence-corrected chi connectivity index (χ3v) is 5.78. The molecule has 0 aromatic heterocycles. The van der Waals surface area contributed by atoms with Crippen LogP contribution in [0.2, 0.25) is 0 Å². The molecule has 180 valence electrons. The molecule has 1 aromatic rings. The number of piperazine rings is 1. The first-order chi connectivity index (χ1) is 14.5. The molecule has 1 atom stereocenters. The van der Waals surface area contributed by atoms with Crippen molar-refractivity contribution >= 4 is 28.1 Å². The summed E-state index contributed by atoms with van der Waals surface area (Å²) in [6.45, 7) is 4.79. The lowest BCUT2D eigenvalue weighted by atomic mass is 10.2. The smallest absolute Gasteiger partial charge is 0.480 e. The van der Waals surface area contributed by atoms with E-state index in [-0.39, 0.29) is 24.5 Å². The molecule has 1 aliphatic rings. The molecule has 1 amide bonds. The van der Waals surface area contributed by atoms with Gasteiger partial charge in [-0.05, 0) is 32.9 Å². The van der Waals surface area contributed by atoms with E-state index in [0.717, 1.165) is 4.31 Å². The highest BCUT2D eigenvalue weighted by Gasteiger charge is 2.42. The van der Waals surface area contributed by atoms with E-state index in [1.165, 1.54) is 17.0 Å². The molecule has 32 heavy (non-hydrogen) atoms. The number of aliphatic carboxylic acids is 2. The SMILES string of the molecule is CC(C)(C)OC(=O)N1CCN(S(=O)(=O)c2ccccc2)C(C(=O)O)C1.O=C(O)C(F)(F)F.